The summed E-state index contributed by atoms with van der Waals surface area (Å²) in [5.41, 5.74) is 0. The Hall–Kier alpha value is -0.820. The number of alkyl halides is 3. The fraction of sp³-hybridized carbons (Fsp3) is 0.455. The van der Waals surface area contributed by atoms with E-state index in [0.717, 1.165) is 0 Å². The van der Waals surface area contributed by atoms with Crippen molar-refractivity contribution in [1.29, 1.82) is 0 Å². The van der Waals surface area contributed by atoms with Gasteiger partial charge in [-0.05, 0) is 28.1 Å². The van der Waals surface area contributed by atoms with E-state index < -0.39 is 18.6 Å². The third-order valence-corrected chi connectivity index (χ3v) is 2.50. The predicted octanol–water partition coefficient (Wildman–Crippen LogP) is 3.94. The van der Waals surface area contributed by atoms with E-state index in [-0.39, 0.29) is 13.2 Å². The van der Waals surface area contributed by atoms with Crippen LogP contribution in [0.4, 0.5) is 17.6 Å². The third kappa shape index (κ3) is 6.20. The number of ether oxygens (including phenoxy) is 2. The quantitative estimate of drug-likeness (QED) is 0.581. The summed E-state index contributed by atoms with van der Waals surface area (Å²) >= 11 is 2.99. The van der Waals surface area contributed by atoms with Gasteiger partial charge in [-0.3, -0.25) is 0 Å². The van der Waals surface area contributed by atoms with Gasteiger partial charge in [0.15, 0.2) is 0 Å². The van der Waals surface area contributed by atoms with Gasteiger partial charge in [-0.2, -0.15) is 13.2 Å². The lowest BCUT2D eigenvalue weighted by Crippen LogP contribution is -2.18. The van der Waals surface area contributed by atoms with E-state index in [1.54, 1.807) is 6.07 Å². The molecular weight excluding hydrogens is 320 g/mol. The molecule has 0 heterocycles. The Morgan fingerprint density at radius 3 is 2.50 bits per heavy atom. The van der Waals surface area contributed by atoms with Crippen LogP contribution in [0, 0.1) is 5.82 Å². The van der Waals surface area contributed by atoms with Gasteiger partial charge in [-0.15, -0.1) is 0 Å². The van der Waals surface area contributed by atoms with E-state index in [1.165, 1.54) is 12.1 Å². The summed E-state index contributed by atoms with van der Waals surface area (Å²) in [6.07, 6.45) is -4.01. The highest BCUT2D eigenvalue weighted by Crippen LogP contribution is 2.21. The molecule has 0 aliphatic carbocycles. The van der Waals surface area contributed by atoms with Crippen molar-refractivity contribution >= 4 is 15.9 Å². The van der Waals surface area contributed by atoms with Crippen molar-refractivity contribution in [2.45, 2.75) is 12.6 Å². The predicted molar refractivity (Wildman–Crippen MR) is 61.1 cm³/mol. The Morgan fingerprint density at radius 2 is 1.89 bits per heavy atom. The first-order valence-corrected chi connectivity index (χ1v) is 5.90. The highest BCUT2D eigenvalue weighted by molar-refractivity contribution is 9.10. The zero-order valence-corrected chi connectivity index (χ0v) is 10.9. The largest absolute Gasteiger partial charge is 0.493 e. The maximum atomic E-state index is 13.1. The molecule has 0 atom stereocenters. The van der Waals surface area contributed by atoms with E-state index in [0.29, 0.717) is 16.6 Å². The molecule has 0 spiro atoms. The highest BCUT2D eigenvalue weighted by Gasteiger charge is 2.27. The minimum absolute atomic E-state index is 0.0570. The number of benzene rings is 1. The molecule has 1 aromatic rings. The van der Waals surface area contributed by atoms with Crippen molar-refractivity contribution in [2.75, 3.05) is 19.8 Å². The van der Waals surface area contributed by atoms with Gasteiger partial charge in [-0.25, -0.2) is 4.39 Å². The monoisotopic (exact) mass is 330 g/mol. The summed E-state index contributed by atoms with van der Waals surface area (Å²) in [6, 6.07) is 4.25. The summed E-state index contributed by atoms with van der Waals surface area (Å²) in [5, 5.41) is 0. The lowest BCUT2D eigenvalue weighted by molar-refractivity contribution is -0.174. The summed E-state index contributed by atoms with van der Waals surface area (Å²) in [6.45, 7) is -1.16. The fourth-order valence-corrected chi connectivity index (χ4v) is 1.35. The van der Waals surface area contributed by atoms with Gasteiger partial charge >= 0.3 is 6.18 Å². The summed E-state index contributed by atoms with van der Waals surface area (Å²) in [4.78, 5) is 0. The summed E-state index contributed by atoms with van der Waals surface area (Å²) < 4.78 is 58.1. The molecule has 0 unspecified atom stereocenters. The second kappa shape index (κ2) is 6.94. The van der Waals surface area contributed by atoms with Crippen LogP contribution >= 0.6 is 15.9 Å². The fourth-order valence-electron chi connectivity index (χ4n) is 1.11. The van der Waals surface area contributed by atoms with Crippen LogP contribution in [0.15, 0.2) is 22.7 Å². The molecule has 0 aromatic heterocycles. The second-order valence-electron chi connectivity index (χ2n) is 3.45. The second-order valence-corrected chi connectivity index (χ2v) is 4.30. The molecule has 1 rings (SSSR count). The van der Waals surface area contributed by atoms with Gasteiger partial charge in [0.1, 0.15) is 18.2 Å². The van der Waals surface area contributed by atoms with E-state index in [9.17, 15) is 17.6 Å². The van der Waals surface area contributed by atoms with Crippen LogP contribution < -0.4 is 4.74 Å². The van der Waals surface area contributed by atoms with Crippen molar-refractivity contribution < 1.29 is 27.0 Å². The molecule has 0 bridgehead atoms. The van der Waals surface area contributed by atoms with Crippen LogP contribution in [-0.4, -0.2) is 26.0 Å². The molecule has 0 saturated heterocycles. The minimum Gasteiger partial charge on any atom is -0.493 e. The van der Waals surface area contributed by atoms with E-state index in [4.69, 9.17) is 4.74 Å². The van der Waals surface area contributed by atoms with Crippen LogP contribution in [0.2, 0.25) is 0 Å². The Balaban J connectivity index is 2.16. The maximum absolute atomic E-state index is 13.1. The molecule has 0 aliphatic heterocycles. The molecular formula is C11H11BrF4O2. The lowest BCUT2D eigenvalue weighted by Gasteiger charge is -2.09. The van der Waals surface area contributed by atoms with Crippen molar-refractivity contribution in [3.63, 3.8) is 0 Å². The van der Waals surface area contributed by atoms with Crippen molar-refractivity contribution in [3.8, 4) is 5.75 Å². The average Bonchev–Trinajstić information content (AvgIpc) is 2.26. The van der Waals surface area contributed by atoms with E-state index in [2.05, 4.69) is 20.7 Å². The van der Waals surface area contributed by atoms with Crippen molar-refractivity contribution in [1.82, 2.24) is 0 Å². The average molecular weight is 331 g/mol. The molecule has 0 N–H and O–H groups in total. The SMILES string of the molecule is Fc1cc(OCCCOCC(F)(F)F)ccc1Br. The third-order valence-electron chi connectivity index (χ3n) is 1.86. The Labute approximate surface area is 110 Å². The molecule has 18 heavy (non-hydrogen) atoms. The van der Waals surface area contributed by atoms with Gasteiger partial charge in [0, 0.05) is 12.5 Å². The van der Waals surface area contributed by atoms with Gasteiger partial charge < -0.3 is 9.47 Å². The summed E-state index contributed by atoms with van der Waals surface area (Å²) in [7, 11) is 0. The topological polar surface area (TPSA) is 18.5 Å². The number of hydrogen-bond donors (Lipinski definition) is 0. The Kier molecular flexibility index (Phi) is 5.87. The van der Waals surface area contributed by atoms with Crippen molar-refractivity contribution in [2.24, 2.45) is 0 Å². The molecule has 0 aliphatic rings. The lowest BCUT2D eigenvalue weighted by atomic mass is 10.3. The number of halogens is 5. The Morgan fingerprint density at radius 1 is 1.17 bits per heavy atom. The molecule has 7 heteroatoms. The first kappa shape index (κ1) is 15.2. The van der Waals surface area contributed by atoms with E-state index >= 15 is 0 Å². The Bertz CT molecular complexity index is 382. The summed E-state index contributed by atoms with van der Waals surface area (Å²) in [5.74, 6) is -0.132. The standard InChI is InChI=1S/C11H11BrF4O2/c12-9-3-2-8(6-10(9)13)18-5-1-4-17-7-11(14,15)16/h2-3,6H,1,4-5,7H2. The number of rotatable bonds is 6. The van der Waals surface area contributed by atoms with Crippen LogP contribution in [0.3, 0.4) is 0 Å². The smallest absolute Gasteiger partial charge is 0.411 e. The maximum Gasteiger partial charge on any atom is 0.411 e. The van der Waals surface area contributed by atoms with Crippen LogP contribution in [0.1, 0.15) is 6.42 Å². The van der Waals surface area contributed by atoms with Gasteiger partial charge in [0.2, 0.25) is 0 Å². The van der Waals surface area contributed by atoms with Crippen LogP contribution in [0.5, 0.6) is 5.75 Å². The molecule has 0 amide bonds. The molecule has 0 fully saturated rings. The number of hydrogen-bond acceptors (Lipinski definition) is 2. The first-order valence-electron chi connectivity index (χ1n) is 5.11. The molecule has 1 aromatic carbocycles. The normalized spacial score (nSPS) is 11.6. The highest BCUT2D eigenvalue weighted by atomic mass is 79.9. The van der Waals surface area contributed by atoms with Crippen LogP contribution in [-0.2, 0) is 4.74 Å². The first-order chi connectivity index (χ1) is 8.38. The van der Waals surface area contributed by atoms with Gasteiger partial charge in [-0.1, -0.05) is 0 Å². The molecule has 2 nitrogen and oxygen atoms in total. The molecule has 102 valence electrons. The van der Waals surface area contributed by atoms with Crippen molar-refractivity contribution in [3.05, 3.63) is 28.5 Å². The minimum atomic E-state index is -4.31. The van der Waals surface area contributed by atoms with Crippen LogP contribution in [0.25, 0.3) is 0 Å². The van der Waals surface area contributed by atoms with Gasteiger partial charge in [0.25, 0.3) is 0 Å². The van der Waals surface area contributed by atoms with Gasteiger partial charge in [0.05, 0.1) is 17.7 Å². The zero-order valence-electron chi connectivity index (χ0n) is 9.27. The van der Waals surface area contributed by atoms with E-state index in [1.807, 2.05) is 0 Å². The molecule has 0 radical (unpaired) electrons. The zero-order chi connectivity index (χ0) is 13.6. The molecule has 0 saturated carbocycles.